The number of thioether (sulfide) groups is 1. The Morgan fingerprint density at radius 3 is 2.20 bits per heavy atom. The maximum Gasteiger partial charge on any atom is 0.257 e. The lowest BCUT2D eigenvalue weighted by molar-refractivity contribution is -0.245. The molecule has 1 saturated heterocycles. The number of carbonyl (C=O) groups excluding carboxylic acids is 1. The summed E-state index contributed by atoms with van der Waals surface area (Å²) in [4.78, 5) is 12.5. The van der Waals surface area contributed by atoms with E-state index in [0.29, 0.717) is 17.7 Å². The summed E-state index contributed by atoms with van der Waals surface area (Å²) in [6, 6.07) is 22.0. The monoisotopic (exact) mass is 713 g/mol. The molecule has 1 aliphatic heterocycles. The van der Waals surface area contributed by atoms with E-state index in [2.05, 4.69) is 15.5 Å². The number of aliphatic hydroxyl groups excluding tert-OH is 1. The van der Waals surface area contributed by atoms with Gasteiger partial charge in [-0.3, -0.25) is 4.79 Å². The van der Waals surface area contributed by atoms with Crippen LogP contribution in [0.15, 0.2) is 77.1 Å². The third kappa shape index (κ3) is 7.84. The molecule has 6 rings (SSSR count). The van der Waals surface area contributed by atoms with Crippen molar-refractivity contribution in [3.63, 3.8) is 0 Å². The topological polar surface area (TPSA) is 93.6 Å². The largest absolute Gasteiger partial charge is 0.392 e. The van der Waals surface area contributed by atoms with Gasteiger partial charge < -0.3 is 19.9 Å². The van der Waals surface area contributed by atoms with E-state index in [0.717, 1.165) is 37.2 Å². The van der Waals surface area contributed by atoms with Gasteiger partial charge in [0.2, 0.25) is 5.82 Å². The minimum absolute atomic E-state index is 0.0657. The Hall–Kier alpha value is -4.21. The second kappa shape index (κ2) is 15.1. The highest BCUT2D eigenvalue weighted by Gasteiger charge is 2.33. The first-order chi connectivity index (χ1) is 23.6. The molecule has 0 saturated carbocycles. The van der Waals surface area contributed by atoms with Crippen LogP contribution in [0.1, 0.15) is 56.4 Å². The van der Waals surface area contributed by atoms with Crippen LogP contribution in [0.3, 0.4) is 0 Å². The zero-order valence-corrected chi connectivity index (χ0v) is 27.4. The Kier molecular flexibility index (Phi) is 10.7. The van der Waals surface area contributed by atoms with Crippen LogP contribution in [0.2, 0.25) is 0 Å². The van der Waals surface area contributed by atoms with Crippen molar-refractivity contribution in [3.05, 3.63) is 135 Å². The van der Waals surface area contributed by atoms with Gasteiger partial charge in [0.25, 0.3) is 5.91 Å². The summed E-state index contributed by atoms with van der Waals surface area (Å²) < 4.78 is 82.7. The molecule has 0 bridgehead atoms. The van der Waals surface area contributed by atoms with Crippen molar-refractivity contribution in [3.8, 4) is 11.1 Å². The van der Waals surface area contributed by atoms with E-state index < -0.39 is 46.8 Å². The molecule has 3 unspecified atom stereocenters. The SMILES string of the molecule is Cc1nnc(SCC2CC(c3ccc(CO)cc3)OC(c3cccc(-c4cccc(CNC(=O)c5c(F)c(F)c(F)c(F)c5F)c4)c3)O2)s1. The number of nitrogens with one attached hydrogen (secondary N) is 1. The molecule has 5 aromatic rings. The molecular formula is C35H28F5N3O4S2. The van der Waals surface area contributed by atoms with Crippen LogP contribution in [0, 0.1) is 36.0 Å². The maximum atomic E-state index is 14.1. The van der Waals surface area contributed by atoms with Crippen molar-refractivity contribution in [2.24, 2.45) is 0 Å². The maximum absolute atomic E-state index is 14.1. The van der Waals surface area contributed by atoms with Gasteiger partial charge in [0.05, 0.1) is 18.8 Å². The van der Waals surface area contributed by atoms with Crippen molar-refractivity contribution >= 4 is 29.0 Å². The predicted molar refractivity (Wildman–Crippen MR) is 173 cm³/mol. The highest BCUT2D eigenvalue weighted by Crippen LogP contribution is 2.40. The van der Waals surface area contributed by atoms with E-state index in [1.807, 2.05) is 61.5 Å². The van der Waals surface area contributed by atoms with Gasteiger partial charge in [-0.1, -0.05) is 83.8 Å². The van der Waals surface area contributed by atoms with E-state index in [1.165, 1.54) is 11.3 Å². The van der Waals surface area contributed by atoms with Crippen LogP contribution in [0.4, 0.5) is 22.0 Å². The van der Waals surface area contributed by atoms with Crippen LogP contribution in [-0.2, 0) is 22.6 Å². The van der Waals surface area contributed by atoms with E-state index >= 15 is 0 Å². The van der Waals surface area contributed by atoms with E-state index in [1.54, 1.807) is 30.0 Å². The molecule has 1 amide bonds. The summed E-state index contributed by atoms with van der Waals surface area (Å²) in [6.45, 7) is 1.59. The number of aryl methyl sites for hydroxylation is 1. The quantitative estimate of drug-likeness (QED) is 0.0657. The molecule has 1 fully saturated rings. The van der Waals surface area contributed by atoms with Crippen molar-refractivity contribution in [1.29, 1.82) is 0 Å². The number of aromatic nitrogens is 2. The molecule has 3 atom stereocenters. The van der Waals surface area contributed by atoms with E-state index in [4.69, 9.17) is 9.47 Å². The first kappa shape index (κ1) is 34.6. The predicted octanol–water partition coefficient (Wildman–Crippen LogP) is 7.97. The fraction of sp³-hybridized carbons (Fsp3) is 0.229. The second-order valence-corrected chi connectivity index (χ2v) is 13.7. The number of rotatable bonds is 10. The van der Waals surface area contributed by atoms with Crippen LogP contribution in [0.25, 0.3) is 11.1 Å². The fourth-order valence-corrected chi connectivity index (χ4v) is 7.18. The number of nitrogens with zero attached hydrogens (tertiary/aromatic N) is 2. The fourth-order valence-electron chi connectivity index (χ4n) is 5.32. The number of hydrogen-bond acceptors (Lipinski definition) is 8. The smallest absolute Gasteiger partial charge is 0.257 e. The molecule has 1 aliphatic rings. The minimum atomic E-state index is -2.34. The number of halogens is 5. The third-order valence-electron chi connectivity index (χ3n) is 7.82. The van der Waals surface area contributed by atoms with Crippen LogP contribution in [0.5, 0.6) is 0 Å². The van der Waals surface area contributed by atoms with Crippen molar-refractivity contribution < 1.29 is 41.3 Å². The first-order valence-corrected chi connectivity index (χ1v) is 16.8. The summed E-state index contributed by atoms with van der Waals surface area (Å²) in [5.74, 6) is -12.0. The summed E-state index contributed by atoms with van der Waals surface area (Å²) in [6.07, 6.45) is -0.606. The zero-order valence-electron chi connectivity index (χ0n) is 25.8. The Labute approximate surface area is 286 Å². The molecule has 0 aliphatic carbocycles. The minimum Gasteiger partial charge on any atom is -0.392 e. The molecule has 254 valence electrons. The molecule has 2 heterocycles. The number of aliphatic hydroxyl groups is 1. The van der Waals surface area contributed by atoms with Gasteiger partial charge in [-0.05, 0) is 46.9 Å². The van der Waals surface area contributed by atoms with Gasteiger partial charge in [-0.15, -0.1) is 10.2 Å². The molecule has 2 N–H and O–H groups in total. The van der Waals surface area contributed by atoms with Gasteiger partial charge in [0.15, 0.2) is 33.9 Å². The summed E-state index contributed by atoms with van der Waals surface area (Å²) in [7, 11) is 0. The Morgan fingerprint density at radius 1 is 0.857 bits per heavy atom. The number of carbonyl (C=O) groups is 1. The molecule has 1 aromatic heterocycles. The molecule has 4 aromatic carbocycles. The highest BCUT2D eigenvalue weighted by molar-refractivity contribution is 8.01. The molecule has 7 nitrogen and oxygen atoms in total. The summed E-state index contributed by atoms with van der Waals surface area (Å²) in [5.41, 5.74) is 2.97. The average molecular weight is 714 g/mol. The lowest BCUT2D eigenvalue weighted by Crippen LogP contribution is -2.31. The number of hydrogen-bond donors (Lipinski definition) is 2. The third-order valence-corrected chi connectivity index (χ3v) is 9.93. The van der Waals surface area contributed by atoms with Crippen LogP contribution < -0.4 is 5.32 Å². The van der Waals surface area contributed by atoms with Gasteiger partial charge in [-0.25, -0.2) is 22.0 Å². The number of amides is 1. The Bertz CT molecular complexity index is 1950. The van der Waals surface area contributed by atoms with Crippen molar-refractivity contribution in [1.82, 2.24) is 15.5 Å². The summed E-state index contributed by atoms with van der Waals surface area (Å²) in [5, 5.41) is 20.9. The van der Waals surface area contributed by atoms with Gasteiger partial charge in [0.1, 0.15) is 10.6 Å². The molecule has 0 radical (unpaired) electrons. The first-order valence-electron chi connectivity index (χ1n) is 15.0. The lowest BCUT2D eigenvalue weighted by atomic mass is 9.99. The van der Waals surface area contributed by atoms with E-state index in [9.17, 15) is 31.9 Å². The highest BCUT2D eigenvalue weighted by atomic mass is 32.2. The second-order valence-electron chi connectivity index (χ2n) is 11.2. The van der Waals surface area contributed by atoms with Crippen LogP contribution in [-0.4, -0.2) is 33.1 Å². The molecule has 14 heteroatoms. The van der Waals surface area contributed by atoms with Crippen molar-refractivity contribution in [2.45, 2.75) is 49.3 Å². The van der Waals surface area contributed by atoms with Gasteiger partial charge in [-0.2, -0.15) is 0 Å². The lowest BCUT2D eigenvalue weighted by Gasteiger charge is -2.36. The number of ether oxygens (including phenoxy) is 2. The van der Waals surface area contributed by atoms with Crippen LogP contribution >= 0.6 is 23.1 Å². The standard InChI is InChI=1S/C35H28F5N3O4S2/c1-18-42-43-35(49-18)48-17-25-14-26(21-10-8-19(16-44)9-11-21)47-34(46-25)24-7-3-6-23(13-24)22-5-2-4-20(12-22)15-41-33(45)27-28(36)30(38)32(40)31(39)29(27)37/h2-13,25-26,34,44H,14-17H2,1H3,(H,41,45). The molecule has 49 heavy (non-hydrogen) atoms. The molecule has 0 spiro atoms. The Morgan fingerprint density at radius 2 is 1.53 bits per heavy atom. The normalized spacial score (nSPS) is 17.7. The zero-order chi connectivity index (χ0) is 34.7. The van der Waals surface area contributed by atoms with Gasteiger partial charge >= 0.3 is 0 Å². The Balaban J connectivity index is 1.20. The molecular weight excluding hydrogens is 686 g/mol. The summed E-state index contributed by atoms with van der Waals surface area (Å²) >= 11 is 3.08. The van der Waals surface area contributed by atoms with Crippen molar-refractivity contribution in [2.75, 3.05) is 5.75 Å². The van der Waals surface area contributed by atoms with Gasteiger partial charge in [0, 0.05) is 24.3 Å². The average Bonchev–Trinajstić information content (AvgIpc) is 3.56. The number of benzene rings is 4. The van der Waals surface area contributed by atoms with E-state index in [-0.39, 0.29) is 25.4 Å².